The summed E-state index contributed by atoms with van der Waals surface area (Å²) in [6.07, 6.45) is 0. The van der Waals surface area contributed by atoms with Crippen molar-refractivity contribution in [3.8, 4) is 11.5 Å². The molecular formula is C19H21NO4. The van der Waals surface area contributed by atoms with E-state index in [9.17, 15) is 4.79 Å². The van der Waals surface area contributed by atoms with Gasteiger partial charge in [0, 0.05) is 13.1 Å². The first-order valence-electron chi connectivity index (χ1n) is 7.97. The van der Waals surface area contributed by atoms with Gasteiger partial charge in [0.1, 0.15) is 0 Å². The summed E-state index contributed by atoms with van der Waals surface area (Å²) in [5.74, 6) is 1.31. The van der Waals surface area contributed by atoms with Crippen LogP contribution in [0.4, 0.5) is 0 Å². The largest absolute Gasteiger partial charge is 0.465 e. The quantitative estimate of drug-likeness (QED) is 0.763. The summed E-state index contributed by atoms with van der Waals surface area (Å²) in [5.41, 5.74) is 2.91. The average Bonchev–Trinajstić information content (AvgIpc) is 3.08. The van der Waals surface area contributed by atoms with Gasteiger partial charge in [0.2, 0.25) is 6.79 Å². The molecule has 0 fully saturated rings. The molecule has 0 spiro atoms. The summed E-state index contributed by atoms with van der Waals surface area (Å²) >= 11 is 0. The number of hydrogen-bond acceptors (Lipinski definition) is 5. The van der Waals surface area contributed by atoms with Crippen LogP contribution in [0.1, 0.15) is 28.4 Å². The lowest BCUT2D eigenvalue weighted by Crippen LogP contribution is -2.22. The summed E-state index contributed by atoms with van der Waals surface area (Å²) in [5, 5.41) is 0. The average molecular weight is 327 g/mol. The molecule has 0 aromatic heterocycles. The Kier molecular flexibility index (Phi) is 5.01. The highest BCUT2D eigenvalue weighted by Crippen LogP contribution is 2.32. The number of carbonyl (C=O) groups excluding carboxylic acids is 1. The van der Waals surface area contributed by atoms with Crippen LogP contribution in [0.2, 0.25) is 0 Å². The normalized spacial score (nSPS) is 12.5. The molecule has 0 saturated heterocycles. The van der Waals surface area contributed by atoms with Crippen LogP contribution in [0.5, 0.6) is 11.5 Å². The van der Waals surface area contributed by atoms with Crippen molar-refractivity contribution in [3.05, 3.63) is 59.2 Å². The van der Waals surface area contributed by atoms with E-state index in [0.717, 1.165) is 36.7 Å². The van der Waals surface area contributed by atoms with E-state index < -0.39 is 0 Å². The highest BCUT2D eigenvalue weighted by molar-refractivity contribution is 5.89. The van der Waals surface area contributed by atoms with Gasteiger partial charge in [0.05, 0.1) is 12.7 Å². The molecule has 126 valence electrons. The molecule has 0 N–H and O–H groups in total. The number of benzene rings is 2. The van der Waals surface area contributed by atoms with Gasteiger partial charge < -0.3 is 14.2 Å². The Bertz CT molecular complexity index is 712. The van der Waals surface area contributed by atoms with Crippen molar-refractivity contribution in [3.63, 3.8) is 0 Å². The Morgan fingerprint density at radius 1 is 1.04 bits per heavy atom. The fourth-order valence-electron chi connectivity index (χ4n) is 2.70. The fourth-order valence-corrected chi connectivity index (χ4v) is 2.70. The zero-order chi connectivity index (χ0) is 16.9. The van der Waals surface area contributed by atoms with Crippen molar-refractivity contribution in [2.24, 2.45) is 0 Å². The molecule has 24 heavy (non-hydrogen) atoms. The van der Waals surface area contributed by atoms with Crippen molar-refractivity contribution in [2.75, 3.05) is 20.4 Å². The SMILES string of the molecule is CCN(Cc1ccc(C(=O)OC)cc1)Cc1ccc2c(c1)OCO2. The summed E-state index contributed by atoms with van der Waals surface area (Å²) in [6.45, 7) is 4.99. The van der Waals surface area contributed by atoms with Crippen molar-refractivity contribution < 1.29 is 19.0 Å². The topological polar surface area (TPSA) is 48.0 Å². The van der Waals surface area contributed by atoms with Gasteiger partial charge in [-0.05, 0) is 41.9 Å². The molecular weight excluding hydrogens is 306 g/mol. The first-order chi connectivity index (χ1) is 11.7. The number of methoxy groups -OCH3 is 1. The lowest BCUT2D eigenvalue weighted by molar-refractivity contribution is 0.0600. The summed E-state index contributed by atoms with van der Waals surface area (Å²) < 4.78 is 15.5. The Morgan fingerprint density at radius 2 is 1.71 bits per heavy atom. The summed E-state index contributed by atoms with van der Waals surface area (Å²) in [7, 11) is 1.39. The van der Waals surface area contributed by atoms with Crippen LogP contribution in [-0.2, 0) is 17.8 Å². The molecule has 0 bridgehead atoms. The molecule has 0 amide bonds. The maximum absolute atomic E-state index is 11.5. The highest BCUT2D eigenvalue weighted by atomic mass is 16.7. The third-order valence-electron chi connectivity index (χ3n) is 4.07. The highest BCUT2D eigenvalue weighted by Gasteiger charge is 2.14. The first kappa shape index (κ1) is 16.3. The van der Waals surface area contributed by atoms with Crippen molar-refractivity contribution in [2.45, 2.75) is 20.0 Å². The number of ether oxygens (including phenoxy) is 3. The first-order valence-corrected chi connectivity index (χ1v) is 7.97. The number of nitrogens with zero attached hydrogens (tertiary/aromatic N) is 1. The molecule has 1 heterocycles. The lowest BCUT2D eigenvalue weighted by Gasteiger charge is -2.21. The second-order valence-electron chi connectivity index (χ2n) is 5.68. The van der Waals surface area contributed by atoms with Gasteiger partial charge in [-0.15, -0.1) is 0 Å². The van der Waals surface area contributed by atoms with Crippen molar-refractivity contribution >= 4 is 5.97 Å². The Labute approximate surface area is 141 Å². The number of esters is 1. The van der Waals surface area contributed by atoms with Gasteiger partial charge >= 0.3 is 5.97 Å². The number of fused-ring (bicyclic) bond motifs is 1. The van der Waals surface area contributed by atoms with E-state index in [4.69, 9.17) is 14.2 Å². The molecule has 2 aromatic carbocycles. The molecule has 0 atom stereocenters. The zero-order valence-electron chi connectivity index (χ0n) is 14.0. The van der Waals surface area contributed by atoms with E-state index >= 15 is 0 Å². The molecule has 5 heteroatoms. The van der Waals surface area contributed by atoms with Gasteiger partial charge in [-0.1, -0.05) is 25.1 Å². The third-order valence-corrected chi connectivity index (χ3v) is 4.07. The third kappa shape index (κ3) is 3.68. The molecule has 1 aliphatic rings. The molecule has 0 unspecified atom stereocenters. The second kappa shape index (κ2) is 7.36. The molecule has 0 saturated carbocycles. The molecule has 0 aliphatic carbocycles. The standard InChI is InChI=1S/C19H21NO4/c1-3-20(11-14-4-7-16(8-5-14)19(21)22-2)12-15-6-9-17-18(10-15)24-13-23-17/h4-10H,3,11-13H2,1-2H3. The van der Waals surface area contributed by atoms with E-state index in [1.165, 1.54) is 12.7 Å². The van der Waals surface area contributed by atoms with Crippen molar-refractivity contribution in [1.29, 1.82) is 0 Å². The van der Waals surface area contributed by atoms with Crippen LogP contribution in [0.25, 0.3) is 0 Å². The number of rotatable bonds is 6. The van der Waals surface area contributed by atoms with Gasteiger partial charge in [0.25, 0.3) is 0 Å². The summed E-state index contributed by atoms with van der Waals surface area (Å²) in [4.78, 5) is 13.8. The Hall–Kier alpha value is -2.53. The van der Waals surface area contributed by atoms with Crippen LogP contribution in [0.15, 0.2) is 42.5 Å². The van der Waals surface area contributed by atoms with E-state index in [1.807, 2.05) is 24.3 Å². The number of hydrogen-bond donors (Lipinski definition) is 0. The minimum atomic E-state index is -0.311. The molecule has 5 nitrogen and oxygen atoms in total. The van der Waals surface area contributed by atoms with Crippen LogP contribution in [0.3, 0.4) is 0 Å². The minimum absolute atomic E-state index is 0.294. The fraction of sp³-hybridized carbons (Fsp3) is 0.316. The molecule has 1 aliphatic heterocycles. The predicted molar refractivity (Wildman–Crippen MR) is 90.1 cm³/mol. The van der Waals surface area contributed by atoms with Crippen LogP contribution >= 0.6 is 0 Å². The van der Waals surface area contributed by atoms with Gasteiger partial charge in [-0.3, -0.25) is 4.90 Å². The van der Waals surface area contributed by atoms with Gasteiger partial charge in [-0.25, -0.2) is 4.79 Å². The zero-order valence-corrected chi connectivity index (χ0v) is 14.0. The maximum Gasteiger partial charge on any atom is 0.337 e. The van der Waals surface area contributed by atoms with Gasteiger partial charge in [-0.2, -0.15) is 0 Å². The second-order valence-corrected chi connectivity index (χ2v) is 5.68. The van der Waals surface area contributed by atoms with Crippen LogP contribution in [0, 0.1) is 0 Å². The lowest BCUT2D eigenvalue weighted by atomic mass is 10.1. The predicted octanol–water partition coefficient (Wildman–Crippen LogP) is 3.22. The van der Waals surface area contributed by atoms with E-state index in [2.05, 4.69) is 17.9 Å². The maximum atomic E-state index is 11.5. The molecule has 0 radical (unpaired) electrons. The minimum Gasteiger partial charge on any atom is -0.465 e. The molecule has 3 rings (SSSR count). The number of carbonyl (C=O) groups is 1. The van der Waals surface area contributed by atoms with E-state index in [0.29, 0.717) is 12.4 Å². The Morgan fingerprint density at radius 3 is 2.42 bits per heavy atom. The smallest absolute Gasteiger partial charge is 0.337 e. The van der Waals surface area contributed by atoms with Crippen LogP contribution < -0.4 is 9.47 Å². The van der Waals surface area contributed by atoms with Crippen LogP contribution in [-0.4, -0.2) is 31.3 Å². The molecule has 2 aromatic rings. The Balaban J connectivity index is 1.65. The van der Waals surface area contributed by atoms with Gasteiger partial charge in [0.15, 0.2) is 11.5 Å². The van der Waals surface area contributed by atoms with Crippen molar-refractivity contribution in [1.82, 2.24) is 4.90 Å². The summed E-state index contributed by atoms with van der Waals surface area (Å²) in [6, 6.07) is 13.6. The van der Waals surface area contributed by atoms with E-state index in [-0.39, 0.29) is 5.97 Å². The monoisotopic (exact) mass is 327 g/mol. The van der Waals surface area contributed by atoms with E-state index in [1.54, 1.807) is 12.1 Å².